The molecule has 1 heterocycles. The van der Waals surface area contributed by atoms with Crippen molar-refractivity contribution in [3.05, 3.63) is 22.4 Å². The van der Waals surface area contributed by atoms with Crippen molar-refractivity contribution < 1.29 is 2.74 Å². The Morgan fingerprint density at radius 2 is 2.33 bits per heavy atom. The van der Waals surface area contributed by atoms with E-state index in [1.807, 2.05) is 32.2 Å². The molecule has 1 nitrogen and oxygen atoms in total. The molecule has 1 aromatic heterocycles. The highest BCUT2D eigenvalue weighted by atomic mass is 35.5. The Kier molecular flexibility index (Phi) is 2.32. The van der Waals surface area contributed by atoms with Crippen molar-refractivity contribution in [2.45, 2.75) is 32.8 Å². The molecule has 0 aliphatic carbocycles. The number of halogens is 1. The summed E-state index contributed by atoms with van der Waals surface area (Å²) in [4.78, 5) is 0.627. The molecule has 3 heteroatoms. The Bertz CT molecular complexity index is 292. The van der Waals surface area contributed by atoms with Gasteiger partial charge in [0, 0.05) is 16.9 Å². The zero-order valence-electron chi connectivity index (χ0n) is 9.47. The van der Waals surface area contributed by atoms with Crippen LogP contribution in [0.3, 0.4) is 0 Å². The Balaban J connectivity index is 2.96. The normalized spacial score (nSPS) is 16.1. The average molecular weight is 206 g/mol. The lowest BCUT2D eigenvalue weighted by Crippen LogP contribution is -2.32. The van der Waals surface area contributed by atoms with Gasteiger partial charge >= 0.3 is 0 Å². The first-order valence-electron chi connectivity index (χ1n) is 4.76. The molecule has 0 saturated heterocycles. The van der Waals surface area contributed by atoms with E-state index in [0.717, 1.165) is 0 Å². The second-order valence-electron chi connectivity index (χ2n) is 3.54. The first-order valence-corrected chi connectivity index (χ1v) is 4.98. The molecule has 0 atom stereocenters. The summed E-state index contributed by atoms with van der Waals surface area (Å²) in [7, 11) is 0. The third-order valence-electron chi connectivity index (χ3n) is 1.32. The lowest BCUT2D eigenvalue weighted by atomic mass is 10.1. The summed E-state index contributed by atoms with van der Waals surface area (Å²) in [5.74, 6) is 0. The minimum atomic E-state index is -1.62. The van der Waals surface area contributed by atoms with Gasteiger partial charge in [0.15, 0.2) is 0 Å². The molecule has 0 amide bonds. The van der Waals surface area contributed by atoms with Gasteiger partial charge in [0.2, 0.25) is 0 Å². The molecular weight excluding hydrogens is 190 g/mol. The largest absolute Gasteiger partial charge is 0.210 e. The molecule has 0 aliphatic heterocycles. The van der Waals surface area contributed by atoms with Crippen LogP contribution in [0.2, 0.25) is 0 Å². The minimum absolute atomic E-state index is 0.408. The van der Waals surface area contributed by atoms with Crippen LogP contribution in [0.15, 0.2) is 17.5 Å². The Morgan fingerprint density at radius 3 is 2.75 bits per heavy atom. The lowest BCUT2D eigenvalue weighted by molar-refractivity contribution is 0.256. The van der Waals surface area contributed by atoms with Crippen molar-refractivity contribution in [2.24, 2.45) is 0 Å². The average Bonchev–Trinajstić information content (AvgIpc) is 2.53. The first kappa shape index (κ1) is 7.36. The zero-order chi connectivity index (χ0) is 11.0. The highest BCUT2D eigenvalue weighted by Crippen LogP contribution is 2.21. The molecule has 68 valence electrons. The van der Waals surface area contributed by atoms with Crippen molar-refractivity contribution in [3.63, 3.8) is 0 Å². The second kappa shape index (κ2) is 3.77. The van der Waals surface area contributed by atoms with E-state index in [0.29, 0.717) is 4.88 Å². The standard InChI is InChI=1S/C9H14ClNS/c1-9(2,3)11(10)7-8-5-4-6-12-8/h4-6H,7H2,1-3H3/i7D2. The maximum Gasteiger partial charge on any atom is 0.0504 e. The summed E-state index contributed by atoms with van der Waals surface area (Å²) >= 11 is 7.38. The highest BCUT2D eigenvalue weighted by Gasteiger charge is 2.19. The summed E-state index contributed by atoms with van der Waals surface area (Å²) in [6.45, 7) is 4.02. The quantitative estimate of drug-likeness (QED) is 0.668. The van der Waals surface area contributed by atoms with E-state index in [4.69, 9.17) is 14.5 Å². The van der Waals surface area contributed by atoms with Gasteiger partial charge < -0.3 is 0 Å². The predicted octanol–water partition coefficient (Wildman–Crippen LogP) is 3.50. The van der Waals surface area contributed by atoms with Crippen LogP contribution in [-0.4, -0.2) is 9.96 Å². The minimum Gasteiger partial charge on any atom is -0.210 e. The molecule has 0 N–H and O–H groups in total. The SMILES string of the molecule is [2H]C([2H])(c1cccs1)N(Cl)C(C)(C)C. The lowest BCUT2D eigenvalue weighted by Gasteiger charge is -2.28. The zero-order valence-corrected chi connectivity index (χ0v) is 9.04. The van der Waals surface area contributed by atoms with Gasteiger partial charge in [-0.2, -0.15) is 0 Å². The second-order valence-corrected chi connectivity index (χ2v) is 4.83. The van der Waals surface area contributed by atoms with Crippen LogP contribution in [-0.2, 0) is 6.50 Å². The highest BCUT2D eigenvalue weighted by molar-refractivity contribution is 7.09. The van der Waals surface area contributed by atoms with Crippen molar-refractivity contribution in [1.82, 2.24) is 4.42 Å². The van der Waals surface area contributed by atoms with Gasteiger partial charge in [0.25, 0.3) is 0 Å². The summed E-state index contributed by atoms with van der Waals surface area (Å²) in [6.07, 6.45) is 0. The molecule has 0 aromatic carbocycles. The Morgan fingerprint density at radius 1 is 1.67 bits per heavy atom. The fraction of sp³-hybridized carbons (Fsp3) is 0.556. The van der Waals surface area contributed by atoms with E-state index in [2.05, 4.69) is 0 Å². The summed E-state index contributed by atoms with van der Waals surface area (Å²) in [6, 6.07) is 3.58. The predicted molar refractivity (Wildman–Crippen MR) is 55.5 cm³/mol. The van der Waals surface area contributed by atoms with Crippen LogP contribution in [0.25, 0.3) is 0 Å². The van der Waals surface area contributed by atoms with Crippen LogP contribution in [0.5, 0.6) is 0 Å². The fourth-order valence-corrected chi connectivity index (χ4v) is 1.35. The van der Waals surface area contributed by atoms with Crippen LogP contribution in [0.1, 0.15) is 28.4 Å². The number of rotatable bonds is 2. The van der Waals surface area contributed by atoms with Gasteiger partial charge in [-0.1, -0.05) is 6.07 Å². The molecule has 0 spiro atoms. The number of nitrogens with zero attached hydrogens (tertiary/aromatic N) is 1. The Hall–Kier alpha value is -0.0500. The van der Waals surface area contributed by atoms with Crippen molar-refractivity contribution in [1.29, 1.82) is 0 Å². The molecular formula is C9H14ClNS. The third kappa shape index (κ3) is 2.77. The van der Waals surface area contributed by atoms with Crippen LogP contribution in [0.4, 0.5) is 0 Å². The van der Waals surface area contributed by atoms with Gasteiger partial charge in [-0.25, -0.2) is 4.42 Å². The molecule has 1 rings (SSSR count). The molecule has 0 saturated carbocycles. The van der Waals surface area contributed by atoms with Crippen molar-refractivity contribution >= 4 is 23.1 Å². The molecule has 0 unspecified atom stereocenters. The summed E-state index contributed by atoms with van der Waals surface area (Å²) in [5.41, 5.74) is -0.408. The Labute approximate surface area is 85.9 Å². The van der Waals surface area contributed by atoms with Gasteiger partial charge in [-0.3, -0.25) is 0 Å². The molecule has 0 radical (unpaired) electrons. The van der Waals surface area contributed by atoms with Crippen LogP contribution >= 0.6 is 23.1 Å². The number of hydrogen-bond acceptors (Lipinski definition) is 2. The summed E-state index contributed by atoms with van der Waals surface area (Å²) < 4.78 is 17.1. The molecule has 0 fully saturated rings. The van der Waals surface area contributed by atoms with Crippen LogP contribution in [0, 0.1) is 0 Å². The van der Waals surface area contributed by atoms with E-state index in [1.54, 1.807) is 6.07 Å². The van der Waals surface area contributed by atoms with Crippen molar-refractivity contribution in [2.75, 3.05) is 0 Å². The maximum absolute atomic E-state index is 7.92. The third-order valence-corrected chi connectivity index (χ3v) is 2.68. The maximum atomic E-state index is 7.92. The van der Waals surface area contributed by atoms with Crippen LogP contribution < -0.4 is 0 Å². The molecule has 0 bridgehead atoms. The van der Waals surface area contributed by atoms with E-state index < -0.39 is 12.0 Å². The van der Waals surface area contributed by atoms with E-state index in [9.17, 15) is 0 Å². The van der Waals surface area contributed by atoms with E-state index >= 15 is 0 Å². The fourth-order valence-electron chi connectivity index (χ4n) is 0.607. The van der Waals surface area contributed by atoms with Gasteiger partial charge in [-0.05, 0) is 44.0 Å². The van der Waals surface area contributed by atoms with Gasteiger partial charge in [0.05, 0.1) is 2.74 Å². The van der Waals surface area contributed by atoms with E-state index in [-0.39, 0.29) is 0 Å². The van der Waals surface area contributed by atoms with Gasteiger partial charge in [-0.15, -0.1) is 11.3 Å². The topological polar surface area (TPSA) is 3.24 Å². The number of hydrogen-bond donors (Lipinski definition) is 0. The molecule has 1 aromatic rings. The molecule has 12 heavy (non-hydrogen) atoms. The monoisotopic (exact) mass is 205 g/mol. The smallest absolute Gasteiger partial charge is 0.0504 e. The summed E-state index contributed by atoms with van der Waals surface area (Å²) in [5, 5.41) is 1.85. The first-order chi connectivity index (χ1) is 6.26. The molecule has 0 aliphatic rings. The number of thiophene rings is 1. The van der Waals surface area contributed by atoms with E-state index in [1.165, 1.54) is 15.8 Å². The van der Waals surface area contributed by atoms with Gasteiger partial charge in [0.1, 0.15) is 0 Å². The van der Waals surface area contributed by atoms with Crippen molar-refractivity contribution in [3.8, 4) is 0 Å².